The van der Waals surface area contributed by atoms with E-state index in [1.165, 1.54) is 6.07 Å². The van der Waals surface area contributed by atoms with Crippen LogP contribution in [0.4, 0.5) is 13.6 Å². The molecule has 2 atom stereocenters. The summed E-state index contributed by atoms with van der Waals surface area (Å²) in [4.78, 5) is 14.0. The molecular formula is C16H22F2N2O2. The summed E-state index contributed by atoms with van der Waals surface area (Å²) in [5.41, 5.74) is -0.0618. The van der Waals surface area contributed by atoms with Gasteiger partial charge in [0.1, 0.15) is 5.60 Å². The number of nitrogens with zero attached hydrogens (tertiary/aromatic N) is 1. The van der Waals surface area contributed by atoms with Gasteiger partial charge in [0.15, 0.2) is 11.6 Å². The summed E-state index contributed by atoms with van der Waals surface area (Å²) in [7, 11) is 0. The molecule has 2 rings (SSSR count). The van der Waals surface area contributed by atoms with Crippen LogP contribution in [0.15, 0.2) is 18.2 Å². The molecule has 4 nitrogen and oxygen atoms in total. The number of amides is 1. The first-order chi connectivity index (χ1) is 10.2. The van der Waals surface area contributed by atoms with Crippen molar-refractivity contribution in [1.82, 2.24) is 10.2 Å². The van der Waals surface area contributed by atoms with Gasteiger partial charge in [0.05, 0.1) is 6.04 Å². The van der Waals surface area contributed by atoms with Crippen molar-refractivity contribution in [2.24, 2.45) is 0 Å². The summed E-state index contributed by atoms with van der Waals surface area (Å²) in [6, 6.07) is 3.43. The first-order valence-corrected chi connectivity index (χ1v) is 7.35. The standard InChI is InChI=1S/C16H22F2N2O2/c1-10-9-20(15(21)22-16(2,3)4)14(8-19-10)11-5-6-12(17)13(18)7-11/h5-7,10,14,19H,8-9H2,1-4H3/t10-,14?/m1/s1. The fourth-order valence-electron chi connectivity index (χ4n) is 2.45. The van der Waals surface area contributed by atoms with Crippen LogP contribution in [0.2, 0.25) is 0 Å². The lowest BCUT2D eigenvalue weighted by Gasteiger charge is -2.40. The van der Waals surface area contributed by atoms with Crippen molar-refractivity contribution in [3.05, 3.63) is 35.4 Å². The zero-order valence-corrected chi connectivity index (χ0v) is 13.3. The summed E-state index contributed by atoms with van der Waals surface area (Å²) in [6.07, 6.45) is -0.449. The number of halogens is 2. The number of carbonyl (C=O) groups is 1. The molecular weight excluding hydrogens is 290 g/mol. The molecule has 0 aromatic heterocycles. The Kier molecular flexibility index (Phi) is 4.70. The predicted molar refractivity (Wildman–Crippen MR) is 79.5 cm³/mol. The van der Waals surface area contributed by atoms with Gasteiger partial charge in [-0.15, -0.1) is 0 Å². The second-order valence-corrected chi connectivity index (χ2v) is 6.63. The molecule has 1 aromatic rings. The number of rotatable bonds is 1. The Bertz CT molecular complexity index is 558. The van der Waals surface area contributed by atoms with E-state index in [0.29, 0.717) is 18.7 Å². The SMILES string of the molecule is C[C@@H]1CN(C(=O)OC(C)(C)C)C(c2ccc(F)c(F)c2)CN1. The van der Waals surface area contributed by atoms with Gasteiger partial charge in [-0.2, -0.15) is 0 Å². The number of piperazine rings is 1. The third kappa shape index (κ3) is 3.94. The lowest BCUT2D eigenvalue weighted by atomic mass is 10.0. The molecule has 0 radical (unpaired) electrons. The molecule has 1 unspecified atom stereocenters. The normalized spacial score (nSPS) is 22.5. The van der Waals surface area contributed by atoms with Gasteiger partial charge in [0.2, 0.25) is 0 Å². The second-order valence-electron chi connectivity index (χ2n) is 6.63. The zero-order chi connectivity index (χ0) is 16.5. The summed E-state index contributed by atoms with van der Waals surface area (Å²) < 4.78 is 32.0. The monoisotopic (exact) mass is 312 g/mol. The Morgan fingerprint density at radius 3 is 2.59 bits per heavy atom. The Labute approximate surface area is 129 Å². The molecule has 0 spiro atoms. The van der Waals surface area contributed by atoms with E-state index in [1.807, 2.05) is 6.92 Å². The van der Waals surface area contributed by atoms with Crippen LogP contribution in [0.25, 0.3) is 0 Å². The van der Waals surface area contributed by atoms with Crippen molar-refractivity contribution >= 4 is 6.09 Å². The van der Waals surface area contributed by atoms with E-state index in [-0.39, 0.29) is 12.1 Å². The maximum Gasteiger partial charge on any atom is 0.410 e. The quantitative estimate of drug-likeness (QED) is 0.865. The molecule has 0 aliphatic carbocycles. The highest BCUT2D eigenvalue weighted by Crippen LogP contribution is 2.27. The van der Waals surface area contributed by atoms with Gasteiger partial charge in [-0.25, -0.2) is 13.6 Å². The fraction of sp³-hybridized carbons (Fsp3) is 0.562. The molecule has 0 saturated carbocycles. The highest BCUT2D eigenvalue weighted by molar-refractivity contribution is 5.69. The van der Waals surface area contributed by atoms with Crippen LogP contribution < -0.4 is 5.32 Å². The Morgan fingerprint density at radius 2 is 2.00 bits per heavy atom. The number of benzene rings is 1. The minimum atomic E-state index is -0.916. The van der Waals surface area contributed by atoms with Crippen LogP contribution >= 0.6 is 0 Å². The lowest BCUT2D eigenvalue weighted by molar-refractivity contribution is 0.00782. The lowest BCUT2D eigenvalue weighted by Crippen LogP contribution is -2.54. The first kappa shape index (κ1) is 16.7. The Hall–Kier alpha value is -1.69. The summed E-state index contributed by atoms with van der Waals surface area (Å²) in [6.45, 7) is 8.25. The van der Waals surface area contributed by atoms with Gasteiger partial charge in [0, 0.05) is 19.1 Å². The van der Waals surface area contributed by atoms with E-state index in [9.17, 15) is 13.6 Å². The van der Waals surface area contributed by atoms with E-state index in [0.717, 1.165) is 12.1 Å². The smallest absolute Gasteiger partial charge is 0.410 e. The van der Waals surface area contributed by atoms with E-state index in [1.54, 1.807) is 25.7 Å². The van der Waals surface area contributed by atoms with Crippen LogP contribution in [0, 0.1) is 11.6 Å². The van der Waals surface area contributed by atoms with Gasteiger partial charge in [-0.1, -0.05) is 6.07 Å². The fourth-order valence-corrected chi connectivity index (χ4v) is 2.45. The van der Waals surface area contributed by atoms with Crippen LogP contribution in [-0.4, -0.2) is 35.7 Å². The molecule has 1 saturated heterocycles. The molecule has 1 fully saturated rings. The van der Waals surface area contributed by atoms with E-state index >= 15 is 0 Å². The Balaban J connectivity index is 2.26. The van der Waals surface area contributed by atoms with Crippen LogP contribution in [0.3, 0.4) is 0 Å². The van der Waals surface area contributed by atoms with Crippen molar-refractivity contribution in [1.29, 1.82) is 0 Å². The maximum atomic E-state index is 13.5. The molecule has 22 heavy (non-hydrogen) atoms. The van der Waals surface area contributed by atoms with Crippen molar-refractivity contribution in [3.8, 4) is 0 Å². The number of carbonyl (C=O) groups excluding carboxylic acids is 1. The molecule has 1 aromatic carbocycles. The molecule has 1 amide bonds. The van der Waals surface area contributed by atoms with Crippen LogP contribution in [0.1, 0.15) is 39.3 Å². The summed E-state index contributed by atoms with van der Waals surface area (Å²) in [5, 5.41) is 3.25. The van der Waals surface area contributed by atoms with Crippen molar-refractivity contribution in [2.45, 2.75) is 45.4 Å². The van der Waals surface area contributed by atoms with Gasteiger partial charge in [-0.05, 0) is 45.4 Å². The zero-order valence-electron chi connectivity index (χ0n) is 13.3. The topological polar surface area (TPSA) is 41.6 Å². The minimum Gasteiger partial charge on any atom is -0.444 e. The molecule has 122 valence electrons. The van der Waals surface area contributed by atoms with Crippen molar-refractivity contribution in [3.63, 3.8) is 0 Å². The minimum absolute atomic E-state index is 0.106. The summed E-state index contributed by atoms with van der Waals surface area (Å²) in [5.74, 6) is -1.81. The van der Waals surface area contributed by atoms with E-state index in [2.05, 4.69) is 5.32 Å². The third-order valence-corrected chi connectivity index (χ3v) is 3.46. The second kappa shape index (κ2) is 6.20. The average molecular weight is 312 g/mol. The highest BCUT2D eigenvalue weighted by atomic mass is 19.2. The van der Waals surface area contributed by atoms with E-state index < -0.39 is 23.3 Å². The largest absolute Gasteiger partial charge is 0.444 e. The Morgan fingerprint density at radius 1 is 1.32 bits per heavy atom. The predicted octanol–water partition coefficient (Wildman–Crippen LogP) is 3.23. The van der Waals surface area contributed by atoms with Gasteiger partial charge in [0.25, 0.3) is 0 Å². The van der Waals surface area contributed by atoms with Gasteiger partial charge in [-0.3, -0.25) is 4.90 Å². The van der Waals surface area contributed by atoms with Crippen molar-refractivity contribution in [2.75, 3.05) is 13.1 Å². The number of ether oxygens (including phenoxy) is 1. The van der Waals surface area contributed by atoms with Crippen LogP contribution in [-0.2, 0) is 4.74 Å². The number of nitrogens with one attached hydrogen (secondary N) is 1. The van der Waals surface area contributed by atoms with Gasteiger partial charge < -0.3 is 10.1 Å². The summed E-state index contributed by atoms with van der Waals surface area (Å²) >= 11 is 0. The molecule has 6 heteroatoms. The molecule has 1 heterocycles. The molecule has 1 aliphatic heterocycles. The number of hydrogen-bond acceptors (Lipinski definition) is 3. The van der Waals surface area contributed by atoms with E-state index in [4.69, 9.17) is 4.74 Å². The molecule has 0 bridgehead atoms. The first-order valence-electron chi connectivity index (χ1n) is 7.35. The third-order valence-electron chi connectivity index (χ3n) is 3.46. The maximum absolute atomic E-state index is 13.5. The van der Waals surface area contributed by atoms with Crippen LogP contribution in [0.5, 0.6) is 0 Å². The number of hydrogen-bond donors (Lipinski definition) is 1. The van der Waals surface area contributed by atoms with Gasteiger partial charge >= 0.3 is 6.09 Å². The molecule has 1 N–H and O–H groups in total. The average Bonchev–Trinajstić information content (AvgIpc) is 2.40. The molecule has 1 aliphatic rings. The highest BCUT2D eigenvalue weighted by Gasteiger charge is 2.34. The van der Waals surface area contributed by atoms with Crippen molar-refractivity contribution < 1.29 is 18.3 Å².